The van der Waals surface area contributed by atoms with Gasteiger partial charge in [0.05, 0.1) is 6.10 Å². The van der Waals surface area contributed by atoms with Crippen molar-refractivity contribution in [3.63, 3.8) is 0 Å². The highest BCUT2D eigenvalue weighted by Crippen LogP contribution is 2.36. The maximum atomic E-state index is 12.3. The normalized spacial score (nSPS) is 24.0. The van der Waals surface area contributed by atoms with E-state index >= 15 is 0 Å². The molecule has 146 valence electrons. The molecule has 1 aromatic carbocycles. The fourth-order valence-electron chi connectivity index (χ4n) is 3.83. The Morgan fingerprint density at radius 3 is 2.74 bits per heavy atom. The molecule has 1 aliphatic carbocycles. The number of hydrogen-bond donors (Lipinski definition) is 2. The monoisotopic (exact) mass is 374 g/mol. The van der Waals surface area contributed by atoms with Crippen LogP contribution in [0, 0.1) is 11.8 Å². The number of carboxylic acids is 1. The van der Waals surface area contributed by atoms with Gasteiger partial charge in [0.2, 0.25) is 6.79 Å². The van der Waals surface area contributed by atoms with E-state index in [0.717, 1.165) is 37.0 Å². The minimum atomic E-state index is -0.766. The highest BCUT2D eigenvalue weighted by molar-refractivity contribution is 5.85. The van der Waals surface area contributed by atoms with Crippen LogP contribution in [-0.2, 0) is 9.59 Å². The van der Waals surface area contributed by atoms with Gasteiger partial charge in [-0.2, -0.15) is 0 Å². The maximum absolute atomic E-state index is 12.3. The van der Waals surface area contributed by atoms with E-state index < -0.39 is 12.1 Å². The first kappa shape index (κ1) is 19.4. The molecule has 0 spiro atoms. The van der Waals surface area contributed by atoms with Crippen LogP contribution >= 0.6 is 0 Å². The second-order valence-electron chi connectivity index (χ2n) is 7.24. The smallest absolute Gasteiger partial charge is 0.303 e. The Kier molecular flexibility index (Phi) is 6.50. The van der Waals surface area contributed by atoms with Crippen molar-refractivity contribution in [1.82, 2.24) is 0 Å². The number of ketones is 1. The summed E-state index contributed by atoms with van der Waals surface area (Å²) in [5.74, 6) is 0.444. The zero-order valence-corrected chi connectivity index (χ0v) is 15.3. The summed E-state index contributed by atoms with van der Waals surface area (Å²) < 4.78 is 10.7. The van der Waals surface area contributed by atoms with Gasteiger partial charge < -0.3 is 19.7 Å². The minimum Gasteiger partial charge on any atom is -0.481 e. The summed E-state index contributed by atoms with van der Waals surface area (Å²) in [6.45, 7) is 0.229. The molecule has 1 heterocycles. The number of Topliss-reactive ketones (excluding diaryl/α,β-unsaturated/α-hetero) is 1. The first-order chi connectivity index (χ1) is 13.0. The Labute approximate surface area is 158 Å². The van der Waals surface area contributed by atoms with Crippen molar-refractivity contribution in [1.29, 1.82) is 0 Å². The molecule has 2 N–H and O–H groups in total. The summed E-state index contributed by atoms with van der Waals surface area (Å²) in [4.78, 5) is 22.8. The molecule has 0 radical (unpaired) electrons. The molecule has 6 heteroatoms. The van der Waals surface area contributed by atoms with Crippen molar-refractivity contribution in [3.8, 4) is 11.5 Å². The van der Waals surface area contributed by atoms with Crippen molar-refractivity contribution in [2.24, 2.45) is 11.8 Å². The van der Waals surface area contributed by atoms with Gasteiger partial charge in [-0.25, -0.2) is 0 Å². The van der Waals surface area contributed by atoms with Crippen LogP contribution in [-0.4, -0.2) is 34.9 Å². The zero-order valence-electron chi connectivity index (χ0n) is 15.3. The number of ether oxygens (including phenoxy) is 2. The summed E-state index contributed by atoms with van der Waals surface area (Å²) in [7, 11) is 0. The summed E-state index contributed by atoms with van der Waals surface area (Å²) in [6.07, 6.45) is 7.66. The van der Waals surface area contributed by atoms with Gasteiger partial charge in [0.25, 0.3) is 0 Å². The Balaban J connectivity index is 1.54. The Hall–Kier alpha value is -2.34. The molecule has 3 unspecified atom stereocenters. The lowest BCUT2D eigenvalue weighted by molar-refractivity contribution is -0.137. The fourth-order valence-corrected chi connectivity index (χ4v) is 3.83. The standard InChI is InChI=1S/C21H26O6/c22-17-12-18(23)16(15(17)5-3-1-2-4-6-21(24)25)9-7-14-8-10-19-20(11-14)27-13-26-19/h7-11,15-16,18,23H,1-6,12-13H2,(H,24,25). The van der Waals surface area contributed by atoms with Crippen LogP contribution in [0.3, 0.4) is 0 Å². The third kappa shape index (κ3) is 5.10. The third-order valence-electron chi connectivity index (χ3n) is 5.30. The van der Waals surface area contributed by atoms with E-state index in [9.17, 15) is 14.7 Å². The summed E-state index contributed by atoms with van der Waals surface area (Å²) in [6, 6.07) is 5.66. The lowest BCUT2D eigenvalue weighted by atomic mass is 9.88. The molecule has 0 aromatic heterocycles. The van der Waals surface area contributed by atoms with Crippen LogP contribution in [0.15, 0.2) is 24.3 Å². The molecule has 1 fully saturated rings. The predicted molar refractivity (Wildman–Crippen MR) is 99.5 cm³/mol. The topological polar surface area (TPSA) is 93.1 Å². The van der Waals surface area contributed by atoms with Crippen LogP contribution in [0.25, 0.3) is 6.08 Å². The van der Waals surface area contributed by atoms with Gasteiger partial charge >= 0.3 is 5.97 Å². The van der Waals surface area contributed by atoms with Crippen LogP contribution < -0.4 is 9.47 Å². The molecule has 1 saturated carbocycles. The SMILES string of the molecule is O=C(O)CCCCCCC1C(=O)CC(O)C1C=Cc1ccc2c(c1)OCO2. The minimum absolute atomic E-state index is 0.119. The lowest BCUT2D eigenvalue weighted by Gasteiger charge is -2.17. The van der Waals surface area contributed by atoms with Gasteiger partial charge in [-0.05, 0) is 30.5 Å². The van der Waals surface area contributed by atoms with Crippen molar-refractivity contribution >= 4 is 17.8 Å². The molecule has 2 aliphatic rings. The number of carbonyl (C=O) groups is 2. The largest absolute Gasteiger partial charge is 0.481 e. The van der Waals surface area contributed by atoms with E-state index in [0.29, 0.717) is 12.2 Å². The number of carbonyl (C=O) groups excluding carboxylic acids is 1. The van der Waals surface area contributed by atoms with Crippen LogP contribution in [0.5, 0.6) is 11.5 Å². The van der Waals surface area contributed by atoms with Crippen molar-refractivity contribution in [2.75, 3.05) is 6.79 Å². The molecule has 6 nitrogen and oxygen atoms in total. The maximum Gasteiger partial charge on any atom is 0.303 e. The Morgan fingerprint density at radius 2 is 1.93 bits per heavy atom. The van der Waals surface area contributed by atoms with Gasteiger partial charge in [0.15, 0.2) is 11.5 Å². The van der Waals surface area contributed by atoms with Crippen molar-refractivity contribution in [3.05, 3.63) is 29.8 Å². The van der Waals surface area contributed by atoms with Gasteiger partial charge in [-0.15, -0.1) is 0 Å². The molecule has 0 saturated heterocycles. The second-order valence-corrected chi connectivity index (χ2v) is 7.24. The summed E-state index contributed by atoms with van der Waals surface area (Å²) >= 11 is 0. The number of aliphatic carboxylic acids is 1. The number of benzene rings is 1. The Bertz CT molecular complexity index is 711. The van der Waals surface area contributed by atoms with Crippen LogP contribution in [0.2, 0.25) is 0 Å². The average molecular weight is 374 g/mol. The van der Waals surface area contributed by atoms with Gasteiger partial charge in [-0.1, -0.05) is 37.5 Å². The van der Waals surface area contributed by atoms with Crippen molar-refractivity contribution in [2.45, 2.75) is 51.0 Å². The van der Waals surface area contributed by atoms with E-state index in [1.54, 1.807) is 0 Å². The summed E-state index contributed by atoms with van der Waals surface area (Å²) in [5.41, 5.74) is 0.943. The number of carboxylic acid groups (broad SMARTS) is 1. The number of hydrogen-bond acceptors (Lipinski definition) is 5. The molecule has 3 atom stereocenters. The van der Waals surface area contributed by atoms with Gasteiger partial charge in [0.1, 0.15) is 5.78 Å². The van der Waals surface area contributed by atoms with E-state index in [2.05, 4.69) is 0 Å². The van der Waals surface area contributed by atoms with Gasteiger partial charge in [0, 0.05) is 24.7 Å². The number of aliphatic hydroxyl groups is 1. The molecule has 1 aliphatic heterocycles. The number of aliphatic hydroxyl groups excluding tert-OH is 1. The second kappa shape index (κ2) is 9.04. The first-order valence-corrected chi connectivity index (χ1v) is 9.55. The lowest BCUT2D eigenvalue weighted by Crippen LogP contribution is -2.18. The summed E-state index contributed by atoms with van der Waals surface area (Å²) in [5, 5.41) is 18.9. The highest BCUT2D eigenvalue weighted by atomic mass is 16.7. The molecular formula is C21H26O6. The molecule has 0 amide bonds. The van der Waals surface area contributed by atoms with E-state index in [1.807, 2.05) is 30.4 Å². The average Bonchev–Trinajstić information content (AvgIpc) is 3.19. The number of unbranched alkanes of at least 4 members (excludes halogenated alkanes) is 3. The fraction of sp³-hybridized carbons (Fsp3) is 0.524. The van der Waals surface area contributed by atoms with E-state index in [4.69, 9.17) is 14.6 Å². The van der Waals surface area contributed by atoms with E-state index in [-0.39, 0.29) is 37.3 Å². The number of rotatable bonds is 9. The molecular weight excluding hydrogens is 348 g/mol. The van der Waals surface area contributed by atoms with Crippen LogP contribution in [0.4, 0.5) is 0 Å². The first-order valence-electron chi connectivity index (χ1n) is 9.55. The Morgan fingerprint density at radius 1 is 1.15 bits per heavy atom. The van der Waals surface area contributed by atoms with E-state index in [1.165, 1.54) is 0 Å². The predicted octanol–water partition coefficient (Wildman–Crippen LogP) is 3.42. The van der Waals surface area contributed by atoms with Crippen LogP contribution in [0.1, 0.15) is 50.5 Å². The highest BCUT2D eigenvalue weighted by Gasteiger charge is 2.39. The van der Waals surface area contributed by atoms with Crippen molar-refractivity contribution < 1.29 is 29.3 Å². The quantitative estimate of drug-likeness (QED) is 0.644. The number of fused-ring (bicyclic) bond motifs is 1. The third-order valence-corrected chi connectivity index (χ3v) is 5.30. The zero-order chi connectivity index (χ0) is 19.2. The molecule has 0 bridgehead atoms. The molecule has 1 aromatic rings. The molecule has 27 heavy (non-hydrogen) atoms. The van der Waals surface area contributed by atoms with Gasteiger partial charge in [-0.3, -0.25) is 9.59 Å². The molecule has 3 rings (SSSR count).